The number of carbonyl (C=O) groups excluding carboxylic acids is 1. The topological polar surface area (TPSA) is 26.3 Å². The van der Waals surface area contributed by atoms with Crippen LogP contribution in [0, 0.1) is 29.1 Å². The molecule has 2 aromatic rings. The van der Waals surface area contributed by atoms with Gasteiger partial charge in [0.05, 0.1) is 18.2 Å². The van der Waals surface area contributed by atoms with Gasteiger partial charge in [0, 0.05) is 0 Å². The van der Waals surface area contributed by atoms with Gasteiger partial charge in [0.25, 0.3) is 0 Å². The fourth-order valence-corrected chi connectivity index (χ4v) is 1.75. The molecule has 0 N–H and O–H groups in total. The Hall–Kier alpha value is -2.44. The smallest absolute Gasteiger partial charge is 0.337 e. The van der Waals surface area contributed by atoms with E-state index in [9.17, 15) is 26.7 Å². The number of hydrogen-bond acceptors (Lipinski definition) is 2. The minimum absolute atomic E-state index is 0.0742. The lowest BCUT2D eigenvalue weighted by Gasteiger charge is -2.09. The Labute approximate surface area is 115 Å². The number of methoxy groups -OCH3 is 1. The van der Waals surface area contributed by atoms with Crippen molar-refractivity contribution in [3.05, 3.63) is 58.9 Å². The Morgan fingerprint density at radius 2 is 1.24 bits per heavy atom. The van der Waals surface area contributed by atoms with Crippen LogP contribution in [0.25, 0.3) is 11.1 Å². The molecule has 2 rings (SSSR count). The molecule has 0 radical (unpaired) electrons. The van der Waals surface area contributed by atoms with E-state index in [-0.39, 0.29) is 11.1 Å². The molecule has 0 unspecified atom stereocenters. The monoisotopic (exact) mass is 302 g/mol. The van der Waals surface area contributed by atoms with E-state index in [0.717, 1.165) is 31.4 Å². The first-order chi connectivity index (χ1) is 9.88. The molecule has 2 nitrogen and oxygen atoms in total. The minimum atomic E-state index is -2.22. The lowest BCUT2D eigenvalue weighted by Crippen LogP contribution is -2.04. The molecule has 0 bridgehead atoms. The van der Waals surface area contributed by atoms with Crippen molar-refractivity contribution in [1.29, 1.82) is 0 Å². The molecular weight excluding hydrogens is 295 g/mol. The summed E-state index contributed by atoms with van der Waals surface area (Å²) in [5, 5.41) is 0. The van der Waals surface area contributed by atoms with Crippen molar-refractivity contribution in [1.82, 2.24) is 0 Å². The number of benzene rings is 2. The number of carbonyl (C=O) groups is 1. The van der Waals surface area contributed by atoms with E-state index in [1.807, 2.05) is 0 Å². The molecule has 110 valence electrons. The van der Waals surface area contributed by atoms with Crippen molar-refractivity contribution in [3.63, 3.8) is 0 Å². The predicted octanol–water partition coefficient (Wildman–Crippen LogP) is 3.84. The predicted molar refractivity (Wildman–Crippen MR) is 63.0 cm³/mol. The molecule has 7 heteroatoms. The summed E-state index contributed by atoms with van der Waals surface area (Å²) in [4.78, 5) is 11.2. The normalized spacial score (nSPS) is 10.6. The Balaban J connectivity index is 2.60. The molecule has 0 amide bonds. The maximum Gasteiger partial charge on any atom is 0.337 e. The quantitative estimate of drug-likeness (QED) is 0.365. The first-order valence-corrected chi connectivity index (χ1v) is 5.58. The van der Waals surface area contributed by atoms with Crippen LogP contribution in [-0.2, 0) is 4.74 Å². The van der Waals surface area contributed by atoms with Crippen LogP contribution in [0.4, 0.5) is 22.0 Å². The average molecular weight is 302 g/mol. The summed E-state index contributed by atoms with van der Waals surface area (Å²) in [6, 6.07) is 4.42. The number of ether oxygens (including phenoxy) is 1. The lowest BCUT2D eigenvalue weighted by atomic mass is 10.0. The van der Waals surface area contributed by atoms with Crippen LogP contribution in [0.2, 0.25) is 0 Å². The lowest BCUT2D eigenvalue weighted by molar-refractivity contribution is 0.0601. The molecule has 2 aromatic carbocycles. The van der Waals surface area contributed by atoms with Crippen molar-refractivity contribution in [2.24, 2.45) is 0 Å². The number of esters is 1. The minimum Gasteiger partial charge on any atom is -0.465 e. The van der Waals surface area contributed by atoms with Gasteiger partial charge in [0.1, 0.15) is 0 Å². The van der Waals surface area contributed by atoms with Crippen molar-refractivity contribution in [2.75, 3.05) is 7.11 Å². The van der Waals surface area contributed by atoms with E-state index in [1.165, 1.54) is 0 Å². The van der Waals surface area contributed by atoms with Crippen LogP contribution in [0.1, 0.15) is 10.4 Å². The maximum atomic E-state index is 13.6. The summed E-state index contributed by atoms with van der Waals surface area (Å²) in [5.74, 6) is -10.8. The van der Waals surface area contributed by atoms with Crippen molar-refractivity contribution in [3.8, 4) is 11.1 Å². The standard InChI is InChI=1S/C14H7F5O2/c1-21-14(20)7-4-2-6(3-5-7)8-9(15)11(17)13(19)12(18)10(8)16/h2-5H,1H3. The number of halogens is 5. The largest absolute Gasteiger partial charge is 0.465 e. The van der Waals surface area contributed by atoms with Crippen LogP contribution in [-0.4, -0.2) is 13.1 Å². The molecule has 0 saturated heterocycles. The van der Waals surface area contributed by atoms with Gasteiger partial charge in [-0.1, -0.05) is 12.1 Å². The summed E-state index contributed by atoms with van der Waals surface area (Å²) >= 11 is 0. The SMILES string of the molecule is COC(=O)c1ccc(-c2c(F)c(F)c(F)c(F)c2F)cc1. The van der Waals surface area contributed by atoms with E-state index in [4.69, 9.17) is 0 Å². The van der Waals surface area contributed by atoms with Gasteiger partial charge in [0.15, 0.2) is 23.3 Å². The van der Waals surface area contributed by atoms with E-state index in [2.05, 4.69) is 4.74 Å². The molecule has 0 spiro atoms. The molecule has 0 aliphatic heterocycles. The van der Waals surface area contributed by atoms with Crippen molar-refractivity contribution in [2.45, 2.75) is 0 Å². The zero-order valence-electron chi connectivity index (χ0n) is 10.5. The molecule has 0 saturated carbocycles. The molecule has 21 heavy (non-hydrogen) atoms. The van der Waals surface area contributed by atoms with Gasteiger partial charge < -0.3 is 4.74 Å². The van der Waals surface area contributed by atoms with Gasteiger partial charge >= 0.3 is 5.97 Å². The van der Waals surface area contributed by atoms with E-state index in [1.54, 1.807) is 0 Å². The van der Waals surface area contributed by atoms with Crippen molar-refractivity contribution < 1.29 is 31.5 Å². The summed E-state index contributed by atoms with van der Waals surface area (Å²) in [6.07, 6.45) is 0. The number of rotatable bonds is 2. The molecule has 0 aliphatic rings. The zero-order valence-corrected chi connectivity index (χ0v) is 10.5. The highest BCUT2D eigenvalue weighted by Crippen LogP contribution is 2.31. The molecule has 0 fully saturated rings. The second-order valence-electron chi connectivity index (χ2n) is 4.01. The van der Waals surface area contributed by atoms with Gasteiger partial charge in [-0.15, -0.1) is 0 Å². The fraction of sp³-hybridized carbons (Fsp3) is 0.0714. The Morgan fingerprint density at radius 3 is 1.67 bits per heavy atom. The highest BCUT2D eigenvalue weighted by molar-refractivity contribution is 5.90. The zero-order chi connectivity index (χ0) is 15.7. The number of hydrogen-bond donors (Lipinski definition) is 0. The Bertz CT molecular complexity index is 681. The molecule has 0 aliphatic carbocycles. The molecule has 0 aromatic heterocycles. The first-order valence-electron chi connectivity index (χ1n) is 5.58. The van der Waals surface area contributed by atoms with Crippen LogP contribution in [0.5, 0.6) is 0 Å². The third kappa shape index (κ3) is 2.46. The van der Waals surface area contributed by atoms with Gasteiger partial charge in [0.2, 0.25) is 5.82 Å². The van der Waals surface area contributed by atoms with Crippen LogP contribution in [0.15, 0.2) is 24.3 Å². The van der Waals surface area contributed by atoms with Gasteiger partial charge in [-0.25, -0.2) is 26.7 Å². The van der Waals surface area contributed by atoms with Gasteiger partial charge in [-0.05, 0) is 17.7 Å². The fourth-order valence-electron chi connectivity index (χ4n) is 1.75. The van der Waals surface area contributed by atoms with E-state index >= 15 is 0 Å². The van der Waals surface area contributed by atoms with Gasteiger partial charge in [-0.3, -0.25) is 0 Å². The summed E-state index contributed by atoms with van der Waals surface area (Å²) in [6.45, 7) is 0. The summed E-state index contributed by atoms with van der Waals surface area (Å²) in [7, 11) is 1.14. The summed E-state index contributed by atoms with van der Waals surface area (Å²) in [5.41, 5.74) is -1.23. The van der Waals surface area contributed by atoms with Crippen molar-refractivity contribution >= 4 is 5.97 Å². The van der Waals surface area contributed by atoms with E-state index in [0.29, 0.717) is 0 Å². The maximum absolute atomic E-state index is 13.6. The molecule has 0 atom stereocenters. The second-order valence-corrected chi connectivity index (χ2v) is 4.01. The Kier molecular flexibility index (Phi) is 3.93. The highest BCUT2D eigenvalue weighted by atomic mass is 19.2. The van der Waals surface area contributed by atoms with Crippen LogP contribution < -0.4 is 0 Å². The third-order valence-corrected chi connectivity index (χ3v) is 2.80. The average Bonchev–Trinajstić information content (AvgIpc) is 2.51. The van der Waals surface area contributed by atoms with E-state index < -0.39 is 40.6 Å². The van der Waals surface area contributed by atoms with Crippen LogP contribution in [0.3, 0.4) is 0 Å². The second kappa shape index (κ2) is 5.51. The Morgan fingerprint density at radius 1 is 0.810 bits per heavy atom. The van der Waals surface area contributed by atoms with Gasteiger partial charge in [-0.2, -0.15) is 0 Å². The third-order valence-electron chi connectivity index (χ3n) is 2.80. The van der Waals surface area contributed by atoms with Crippen LogP contribution >= 0.6 is 0 Å². The summed E-state index contributed by atoms with van der Waals surface area (Å²) < 4.78 is 70.8. The highest BCUT2D eigenvalue weighted by Gasteiger charge is 2.26. The first kappa shape index (κ1) is 15.0. The molecular formula is C14H7F5O2. The molecule has 0 heterocycles.